The lowest BCUT2D eigenvalue weighted by molar-refractivity contribution is -0.136. The number of hydrogen-bond acceptors (Lipinski definition) is 3. The number of nitrogens with zero attached hydrogens (tertiary/aromatic N) is 1. The van der Waals surface area contributed by atoms with Gasteiger partial charge < -0.3 is 5.11 Å². The number of aliphatic carboxylic acids is 1. The lowest BCUT2D eigenvalue weighted by Crippen LogP contribution is -1.99. The van der Waals surface area contributed by atoms with Gasteiger partial charge in [-0.05, 0) is 12.3 Å². The van der Waals surface area contributed by atoms with Crippen LogP contribution in [0.1, 0.15) is 29.1 Å². The third-order valence-electron chi connectivity index (χ3n) is 3.50. The van der Waals surface area contributed by atoms with Crippen molar-refractivity contribution in [2.45, 2.75) is 25.7 Å². The first-order valence-corrected chi connectivity index (χ1v) is 7.23. The van der Waals surface area contributed by atoms with Gasteiger partial charge in [-0.2, -0.15) is 0 Å². The molecular weight excluding hydrogens is 258 g/mol. The van der Waals surface area contributed by atoms with Crippen molar-refractivity contribution in [2.75, 3.05) is 0 Å². The minimum absolute atomic E-state index is 0.0585. The first-order chi connectivity index (χ1) is 9.15. The Morgan fingerprint density at radius 2 is 2.11 bits per heavy atom. The maximum absolute atomic E-state index is 11.0. The van der Waals surface area contributed by atoms with Crippen molar-refractivity contribution >= 4 is 17.3 Å². The van der Waals surface area contributed by atoms with E-state index in [0.717, 1.165) is 21.1 Å². The summed E-state index contributed by atoms with van der Waals surface area (Å²) in [7, 11) is 0. The number of thiazole rings is 1. The van der Waals surface area contributed by atoms with E-state index in [1.165, 1.54) is 6.42 Å². The average Bonchev–Trinajstić information content (AvgIpc) is 2.97. The maximum Gasteiger partial charge on any atom is 0.308 e. The van der Waals surface area contributed by atoms with Crippen LogP contribution in [0.5, 0.6) is 0 Å². The first-order valence-electron chi connectivity index (χ1n) is 6.42. The Morgan fingerprint density at radius 3 is 2.68 bits per heavy atom. The highest BCUT2D eigenvalue weighted by Gasteiger charge is 2.37. The molecule has 1 aromatic carbocycles. The fourth-order valence-corrected chi connectivity index (χ4v) is 3.60. The van der Waals surface area contributed by atoms with Crippen LogP contribution in [-0.2, 0) is 11.2 Å². The Balaban J connectivity index is 2.01. The second-order valence-electron chi connectivity index (χ2n) is 5.08. The van der Waals surface area contributed by atoms with Crippen LogP contribution in [-0.4, -0.2) is 16.1 Å². The van der Waals surface area contributed by atoms with Gasteiger partial charge in [-0.25, -0.2) is 4.98 Å². The standard InChI is InChI=1S/C15H15NO2S/c1-9-7-11(9)15-16-14(10-5-3-2-4-6-10)12(19-15)8-13(17)18/h2-6,9,11H,7-8H2,1H3,(H,17,18). The smallest absolute Gasteiger partial charge is 0.308 e. The third kappa shape index (κ3) is 2.54. The van der Waals surface area contributed by atoms with Crippen LogP contribution in [0.2, 0.25) is 0 Å². The number of benzene rings is 1. The number of hydrogen-bond donors (Lipinski definition) is 1. The molecule has 98 valence electrons. The van der Waals surface area contributed by atoms with Crippen LogP contribution < -0.4 is 0 Å². The Labute approximate surface area is 115 Å². The molecule has 1 N–H and O–H groups in total. The number of carboxylic acid groups (broad SMARTS) is 1. The molecular formula is C15H15NO2S. The second-order valence-corrected chi connectivity index (χ2v) is 6.20. The van der Waals surface area contributed by atoms with E-state index in [4.69, 9.17) is 10.1 Å². The van der Waals surface area contributed by atoms with Crippen molar-refractivity contribution in [2.24, 2.45) is 5.92 Å². The van der Waals surface area contributed by atoms with Crippen molar-refractivity contribution in [3.05, 3.63) is 40.2 Å². The van der Waals surface area contributed by atoms with Crippen LogP contribution in [0.4, 0.5) is 0 Å². The number of carbonyl (C=O) groups is 1. The zero-order valence-electron chi connectivity index (χ0n) is 10.7. The molecule has 1 heterocycles. The molecule has 0 aliphatic heterocycles. The average molecular weight is 273 g/mol. The summed E-state index contributed by atoms with van der Waals surface area (Å²) >= 11 is 1.57. The van der Waals surface area contributed by atoms with Crippen molar-refractivity contribution in [3.8, 4) is 11.3 Å². The molecule has 2 unspecified atom stereocenters. The van der Waals surface area contributed by atoms with E-state index in [1.54, 1.807) is 11.3 Å². The van der Waals surface area contributed by atoms with Crippen LogP contribution in [0.3, 0.4) is 0 Å². The van der Waals surface area contributed by atoms with Gasteiger partial charge in [0.15, 0.2) is 0 Å². The van der Waals surface area contributed by atoms with Crippen molar-refractivity contribution in [1.82, 2.24) is 4.98 Å². The Kier molecular flexibility index (Phi) is 3.11. The summed E-state index contributed by atoms with van der Waals surface area (Å²) in [6.45, 7) is 2.21. The predicted octanol–water partition coefficient (Wildman–Crippen LogP) is 3.56. The minimum Gasteiger partial charge on any atom is -0.481 e. The highest BCUT2D eigenvalue weighted by atomic mass is 32.1. The Hall–Kier alpha value is -1.68. The first kappa shape index (κ1) is 12.4. The molecule has 1 aromatic heterocycles. The van der Waals surface area contributed by atoms with E-state index in [9.17, 15) is 4.79 Å². The second kappa shape index (κ2) is 4.78. The van der Waals surface area contributed by atoms with Gasteiger partial charge in [0.1, 0.15) is 0 Å². The zero-order chi connectivity index (χ0) is 13.4. The molecule has 1 fully saturated rings. The van der Waals surface area contributed by atoms with Crippen molar-refractivity contribution < 1.29 is 9.90 Å². The fraction of sp³-hybridized carbons (Fsp3) is 0.333. The molecule has 2 atom stereocenters. The summed E-state index contributed by atoms with van der Waals surface area (Å²) in [6.07, 6.45) is 1.23. The highest BCUT2D eigenvalue weighted by Crippen LogP contribution is 2.49. The van der Waals surface area contributed by atoms with Gasteiger partial charge in [-0.1, -0.05) is 37.3 Å². The lowest BCUT2D eigenvalue weighted by Gasteiger charge is -1.99. The van der Waals surface area contributed by atoms with E-state index in [2.05, 4.69) is 6.92 Å². The molecule has 0 saturated heterocycles. The predicted molar refractivity (Wildman–Crippen MR) is 75.4 cm³/mol. The fourth-order valence-electron chi connectivity index (χ4n) is 2.27. The molecule has 19 heavy (non-hydrogen) atoms. The van der Waals surface area contributed by atoms with Crippen LogP contribution in [0.25, 0.3) is 11.3 Å². The SMILES string of the molecule is CC1CC1c1nc(-c2ccccc2)c(CC(=O)O)s1. The minimum atomic E-state index is -0.795. The molecule has 0 radical (unpaired) electrons. The molecule has 1 aliphatic rings. The largest absolute Gasteiger partial charge is 0.481 e. The van der Waals surface area contributed by atoms with Crippen LogP contribution >= 0.6 is 11.3 Å². The van der Waals surface area contributed by atoms with Gasteiger partial charge in [0.05, 0.1) is 17.1 Å². The van der Waals surface area contributed by atoms with E-state index in [0.29, 0.717) is 11.8 Å². The zero-order valence-corrected chi connectivity index (χ0v) is 11.5. The van der Waals surface area contributed by atoms with Gasteiger partial charge in [0.25, 0.3) is 0 Å². The van der Waals surface area contributed by atoms with Crippen LogP contribution in [0.15, 0.2) is 30.3 Å². The van der Waals surface area contributed by atoms with Crippen molar-refractivity contribution in [1.29, 1.82) is 0 Å². The summed E-state index contributed by atoms with van der Waals surface area (Å²) in [5, 5.41) is 10.1. The summed E-state index contributed by atoms with van der Waals surface area (Å²) in [4.78, 5) is 16.6. The van der Waals surface area contributed by atoms with Gasteiger partial charge >= 0.3 is 5.97 Å². The van der Waals surface area contributed by atoms with Gasteiger partial charge in [0.2, 0.25) is 0 Å². The molecule has 4 heteroatoms. The monoisotopic (exact) mass is 273 g/mol. The number of rotatable bonds is 4. The topological polar surface area (TPSA) is 50.2 Å². The molecule has 0 bridgehead atoms. The summed E-state index contributed by atoms with van der Waals surface area (Å²) in [6, 6.07) is 9.84. The van der Waals surface area contributed by atoms with Crippen molar-refractivity contribution in [3.63, 3.8) is 0 Å². The molecule has 3 nitrogen and oxygen atoms in total. The summed E-state index contributed by atoms with van der Waals surface area (Å²) in [5.41, 5.74) is 1.86. The molecule has 0 spiro atoms. The van der Waals surface area contributed by atoms with Gasteiger partial charge in [-0.3, -0.25) is 4.79 Å². The number of aromatic nitrogens is 1. The molecule has 1 aliphatic carbocycles. The van der Waals surface area contributed by atoms with E-state index < -0.39 is 5.97 Å². The quantitative estimate of drug-likeness (QED) is 0.926. The normalized spacial score (nSPS) is 21.3. The van der Waals surface area contributed by atoms with E-state index in [1.807, 2.05) is 30.3 Å². The molecule has 3 rings (SSSR count). The Morgan fingerprint density at radius 1 is 1.42 bits per heavy atom. The lowest BCUT2D eigenvalue weighted by atomic mass is 10.1. The van der Waals surface area contributed by atoms with Gasteiger partial charge in [-0.15, -0.1) is 11.3 Å². The highest BCUT2D eigenvalue weighted by molar-refractivity contribution is 7.12. The molecule has 0 amide bonds. The van der Waals surface area contributed by atoms with E-state index in [-0.39, 0.29) is 6.42 Å². The van der Waals surface area contributed by atoms with E-state index >= 15 is 0 Å². The van der Waals surface area contributed by atoms with Crippen LogP contribution in [0, 0.1) is 5.92 Å². The number of carboxylic acids is 1. The van der Waals surface area contributed by atoms with Gasteiger partial charge in [0, 0.05) is 16.4 Å². The Bertz CT molecular complexity index is 606. The molecule has 2 aromatic rings. The maximum atomic E-state index is 11.0. The molecule has 1 saturated carbocycles. The summed E-state index contributed by atoms with van der Waals surface area (Å²) in [5.74, 6) is 0.429. The third-order valence-corrected chi connectivity index (χ3v) is 4.69. The summed E-state index contributed by atoms with van der Waals surface area (Å²) < 4.78 is 0.